The maximum Gasteiger partial charge on any atom is 0.350 e. The maximum atomic E-state index is 11.3. The molecule has 0 radical (unpaired) electrons. The van der Waals surface area contributed by atoms with E-state index in [4.69, 9.17) is 10.00 Å². The summed E-state index contributed by atoms with van der Waals surface area (Å²) in [7, 11) is 0. The number of rotatable bonds is 5. The number of nitrogens with one attached hydrogen (secondary N) is 1. The van der Waals surface area contributed by atoms with Crippen molar-refractivity contribution in [1.29, 1.82) is 5.26 Å². The van der Waals surface area contributed by atoms with Crippen LogP contribution in [0.2, 0.25) is 0 Å². The third-order valence-corrected chi connectivity index (χ3v) is 2.72. The molecule has 0 atom stereocenters. The standard InChI is InChI=1S/C10H12N4O2S/c1-3-8-13-14-10(17-8)12-6-7(5-11)9(15)16-4-2/h6H,3-4H2,1-2H3,(H,12,14)/b7-6+. The first-order valence-corrected chi connectivity index (χ1v) is 5.89. The molecule has 0 aliphatic rings. The Morgan fingerprint density at radius 2 is 2.35 bits per heavy atom. The summed E-state index contributed by atoms with van der Waals surface area (Å²) >= 11 is 1.37. The highest BCUT2D eigenvalue weighted by atomic mass is 32.1. The van der Waals surface area contributed by atoms with Gasteiger partial charge in [-0.1, -0.05) is 18.3 Å². The number of nitrogens with zero attached hydrogens (tertiary/aromatic N) is 3. The lowest BCUT2D eigenvalue weighted by atomic mass is 10.3. The number of aromatic nitrogens is 2. The van der Waals surface area contributed by atoms with Crippen molar-refractivity contribution >= 4 is 22.4 Å². The molecule has 0 fully saturated rings. The zero-order chi connectivity index (χ0) is 12.7. The van der Waals surface area contributed by atoms with E-state index < -0.39 is 5.97 Å². The van der Waals surface area contributed by atoms with E-state index >= 15 is 0 Å². The quantitative estimate of drug-likeness (QED) is 0.485. The number of hydrogen-bond acceptors (Lipinski definition) is 7. The zero-order valence-electron chi connectivity index (χ0n) is 9.56. The van der Waals surface area contributed by atoms with Gasteiger partial charge >= 0.3 is 5.97 Å². The topological polar surface area (TPSA) is 87.9 Å². The van der Waals surface area contributed by atoms with Crippen LogP contribution in [0.1, 0.15) is 18.9 Å². The van der Waals surface area contributed by atoms with Crippen LogP contribution in [-0.2, 0) is 16.0 Å². The lowest BCUT2D eigenvalue weighted by molar-refractivity contribution is -0.138. The second-order valence-corrected chi connectivity index (χ2v) is 3.95. The summed E-state index contributed by atoms with van der Waals surface area (Å²) in [5.41, 5.74) is -0.0971. The van der Waals surface area contributed by atoms with Crippen molar-refractivity contribution in [3.05, 3.63) is 16.8 Å². The Morgan fingerprint density at radius 1 is 1.59 bits per heavy atom. The van der Waals surface area contributed by atoms with Gasteiger partial charge in [0.15, 0.2) is 5.57 Å². The summed E-state index contributed by atoms with van der Waals surface area (Å²) in [6, 6.07) is 1.76. The van der Waals surface area contributed by atoms with Gasteiger partial charge in [0.25, 0.3) is 0 Å². The lowest BCUT2D eigenvalue weighted by Gasteiger charge is -1.99. The molecule has 6 nitrogen and oxygen atoms in total. The summed E-state index contributed by atoms with van der Waals surface area (Å²) in [4.78, 5) is 11.3. The van der Waals surface area contributed by atoms with Crippen molar-refractivity contribution in [2.45, 2.75) is 20.3 Å². The molecule has 7 heteroatoms. The van der Waals surface area contributed by atoms with E-state index in [-0.39, 0.29) is 12.2 Å². The molecule has 1 aromatic heterocycles. The fourth-order valence-corrected chi connectivity index (χ4v) is 1.58. The number of nitriles is 1. The van der Waals surface area contributed by atoms with Gasteiger partial charge in [0.2, 0.25) is 5.13 Å². The van der Waals surface area contributed by atoms with E-state index in [0.29, 0.717) is 5.13 Å². The van der Waals surface area contributed by atoms with Crippen molar-refractivity contribution in [3.8, 4) is 6.07 Å². The second-order valence-electron chi connectivity index (χ2n) is 2.89. The first-order valence-electron chi connectivity index (χ1n) is 5.07. The van der Waals surface area contributed by atoms with Gasteiger partial charge in [-0.05, 0) is 13.3 Å². The maximum absolute atomic E-state index is 11.3. The van der Waals surface area contributed by atoms with Gasteiger partial charge in [0.05, 0.1) is 6.61 Å². The summed E-state index contributed by atoms with van der Waals surface area (Å²) in [6.07, 6.45) is 2.07. The number of aryl methyl sites for hydroxylation is 1. The molecule has 1 rings (SSSR count). The monoisotopic (exact) mass is 252 g/mol. The highest BCUT2D eigenvalue weighted by Crippen LogP contribution is 2.15. The molecule has 0 aliphatic heterocycles. The predicted molar refractivity (Wildman–Crippen MR) is 63.2 cm³/mol. The molecule has 0 unspecified atom stereocenters. The molecule has 0 saturated carbocycles. The fourth-order valence-electron chi connectivity index (χ4n) is 0.934. The molecule has 1 heterocycles. The molecule has 0 bridgehead atoms. The average molecular weight is 252 g/mol. The van der Waals surface area contributed by atoms with Crippen molar-refractivity contribution in [2.24, 2.45) is 0 Å². The van der Waals surface area contributed by atoms with Crippen LogP contribution in [-0.4, -0.2) is 22.8 Å². The Balaban J connectivity index is 2.67. The molecular formula is C10H12N4O2S. The molecule has 0 aliphatic carbocycles. The van der Waals surface area contributed by atoms with Crippen LogP contribution < -0.4 is 5.32 Å². The van der Waals surface area contributed by atoms with Gasteiger partial charge in [-0.25, -0.2) is 4.79 Å². The Hall–Kier alpha value is -1.94. The molecule has 0 spiro atoms. The summed E-state index contributed by atoms with van der Waals surface area (Å²) in [5.74, 6) is -0.650. The van der Waals surface area contributed by atoms with Crippen molar-refractivity contribution < 1.29 is 9.53 Å². The second kappa shape index (κ2) is 6.60. The Kier molecular flexibility index (Phi) is 5.10. The van der Waals surface area contributed by atoms with Crippen LogP contribution in [0.4, 0.5) is 5.13 Å². The van der Waals surface area contributed by atoms with E-state index in [2.05, 4.69) is 15.5 Å². The van der Waals surface area contributed by atoms with Crippen molar-refractivity contribution in [2.75, 3.05) is 11.9 Å². The number of anilines is 1. The molecular weight excluding hydrogens is 240 g/mol. The van der Waals surface area contributed by atoms with Gasteiger partial charge in [-0.2, -0.15) is 5.26 Å². The normalized spacial score (nSPS) is 10.8. The highest BCUT2D eigenvalue weighted by Gasteiger charge is 2.09. The van der Waals surface area contributed by atoms with E-state index in [1.165, 1.54) is 17.5 Å². The molecule has 1 aromatic rings. The minimum atomic E-state index is -0.650. The molecule has 0 amide bonds. The van der Waals surface area contributed by atoms with Gasteiger partial charge in [0.1, 0.15) is 11.1 Å². The third kappa shape index (κ3) is 3.85. The van der Waals surface area contributed by atoms with Gasteiger partial charge in [-0.15, -0.1) is 10.2 Å². The SMILES string of the molecule is CCOC(=O)/C(C#N)=C/Nc1nnc(CC)s1. The summed E-state index contributed by atoms with van der Waals surface area (Å²) < 4.78 is 4.71. The lowest BCUT2D eigenvalue weighted by Crippen LogP contribution is -2.07. The third-order valence-electron chi connectivity index (χ3n) is 1.73. The predicted octanol–water partition coefficient (Wildman–Crippen LogP) is 1.48. The minimum Gasteiger partial charge on any atom is -0.462 e. The number of carbonyl (C=O) groups excluding carboxylic acids is 1. The number of carbonyl (C=O) groups is 1. The number of esters is 1. The smallest absolute Gasteiger partial charge is 0.350 e. The Bertz CT molecular complexity index is 461. The van der Waals surface area contributed by atoms with Crippen molar-refractivity contribution in [1.82, 2.24) is 10.2 Å². The van der Waals surface area contributed by atoms with Crippen LogP contribution in [0.3, 0.4) is 0 Å². The van der Waals surface area contributed by atoms with Gasteiger partial charge in [-0.3, -0.25) is 0 Å². The number of hydrogen-bond donors (Lipinski definition) is 1. The zero-order valence-corrected chi connectivity index (χ0v) is 10.4. The van der Waals surface area contributed by atoms with Crippen LogP contribution in [0.25, 0.3) is 0 Å². The minimum absolute atomic E-state index is 0.0971. The molecule has 0 aromatic carbocycles. The van der Waals surface area contributed by atoms with E-state index in [0.717, 1.165) is 11.4 Å². The van der Waals surface area contributed by atoms with E-state index in [1.807, 2.05) is 6.92 Å². The van der Waals surface area contributed by atoms with Gasteiger partial charge in [0, 0.05) is 6.20 Å². The molecule has 17 heavy (non-hydrogen) atoms. The fraction of sp³-hybridized carbons (Fsp3) is 0.400. The molecule has 1 N–H and O–H groups in total. The highest BCUT2D eigenvalue weighted by molar-refractivity contribution is 7.15. The van der Waals surface area contributed by atoms with Crippen LogP contribution >= 0.6 is 11.3 Å². The molecule has 0 saturated heterocycles. The van der Waals surface area contributed by atoms with Crippen molar-refractivity contribution in [3.63, 3.8) is 0 Å². The van der Waals surface area contributed by atoms with Crippen LogP contribution in [0.5, 0.6) is 0 Å². The number of ether oxygens (including phenoxy) is 1. The van der Waals surface area contributed by atoms with E-state index in [9.17, 15) is 4.79 Å². The molecule has 90 valence electrons. The largest absolute Gasteiger partial charge is 0.462 e. The Labute approximate surface area is 103 Å². The van der Waals surface area contributed by atoms with Crippen LogP contribution in [0, 0.1) is 11.3 Å². The summed E-state index contributed by atoms with van der Waals surface area (Å²) in [5, 5.41) is 20.7. The average Bonchev–Trinajstić information content (AvgIpc) is 2.78. The first kappa shape index (κ1) is 13.1. The van der Waals surface area contributed by atoms with Crippen LogP contribution in [0.15, 0.2) is 11.8 Å². The van der Waals surface area contributed by atoms with E-state index in [1.54, 1.807) is 13.0 Å². The Morgan fingerprint density at radius 3 is 2.88 bits per heavy atom. The van der Waals surface area contributed by atoms with Gasteiger partial charge < -0.3 is 10.1 Å². The summed E-state index contributed by atoms with van der Waals surface area (Å²) in [6.45, 7) is 3.88. The first-order chi connectivity index (χ1) is 8.21.